The van der Waals surface area contributed by atoms with Crippen molar-refractivity contribution in [2.75, 3.05) is 13.2 Å². The molecule has 166 valence electrons. The molecule has 0 bridgehead atoms. The van der Waals surface area contributed by atoms with Crippen molar-refractivity contribution >= 4 is 16.9 Å². The molecule has 5 rings (SSSR count). The molecule has 4 aromatic heterocycles. The number of nitrogens with zero attached hydrogens (tertiary/aromatic N) is 5. The van der Waals surface area contributed by atoms with Gasteiger partial charge in [-0.2, -0.15) is 10.4 Å². The van der Waals surface area contributed by atoms with Gasteiger partial charge in [-0.15, -0.1) is 0 Å². The minimum absolute atomic E-state index is 0.245. The Labute approximate surface area is 190 Å². The predicted molar refractivity (Wildman–Crippen MR) is 122 cm³/mol. The zero-order valence-corrected chi connectivity index (χ0v) is 18.4. The molecule has 5 heterocycles. The van der Waals surface area contributed by atoms with Crippen LogP contribution in [0.3, 0.4) is 0 Å². The molecule has 0 unspecified atom stereocenters. The van der Waals surface area contributed by atoms with E-state index in [9.17, 15) is 4.79 Å². The largest absolute Gasteiger partial charge is 0.381 e. The lowest BCUT2D eigenvalue weighted by atomic mass is 10.1. The second kappa shape index (κ2) is 8.15. The molecule has 4 aromatic rings. The van der Waals surface area contributed by atoms with Gasteiger partial charge < -0.3 is 15.0 Å². The van der Waals surface area contributed by atoms with E-state index in [2.05, 4.69) is 31.4 Å². The van der Waals surface area contributed by atoms with Crippen molar-refractivity contribution in [2.45, 2.75) is 25.9 Å². The maximum Gasteiger partial charge on any atom is 0.271 e. The van der Waals surface area contributed by atoms with Crippen LogP contribution in [0.25, 0.3) is 33.5 Å². The predicted octanol–water partition coefficient (Wildman–Crippen LogP) is 3.17. The molecule has 0 atom stereocenters. The van der Waals surface area contributed by atoms with Crippen molar-refractivity contribution in [1.29, 1.82) is 5.26 Å². The minimum Gasteiger partial charge on any atom is -0.381 e. The van der Waals surface area contributed by atoms with Gasteiger partial charge in [-0.3, -0.25) is 9.48 Å². The van der Waals surface area contributed by atoms with Crippen molar-refractivity contribution < 1.29 is 9.53 Å². The van der Waals surface area contributed by atoms with E-state index in [1.165, 1.54) is 0 Å². The van der Waals surface area contributed by atoms with Crippen LogP contribution < -0.4 is 5.32 Å². The molecule has 33 heavy (non-hydrogen) atoms. The van der Waals surface area contributed by atoms with Crippen molar-refractivity contribution in [3.05, 3.63) is 54.6 Å². The Bertz CT molecular complexity index is 1370. The molecule has 0 aliphatic carbocycles. The van der Waals surface area contributed by atoms with Gasteiger partial charge >= 0.3 is 0 Å². The van der Waals surface area contributed by atoms with E-state index in [1.54, 1.807) is 32.2 Å². The van der Waals surface area contributed by atoms with Gasteiger partial charge in [-0.1, -0.05) is 6.07 Å². The Balaban J connectivity index is 1.39. The summed E-state index contributed by atoms with van der Waals surface area (Å²) >= 11 is 0. The highest BCUT2D eigenvalue weighted by Gasteiger charge is 2.22. The van der Waals surface area contributed by atoms with E-state index in [1.807, 2.05) is 35.3 Å². The molecular formula is C24H23N7O2. The average molecular weight is 441 g/mol. The number of amides is 1. The summed E-state index contributed by atoms with van der Waals surface area (Å²) in [7, 11) is 0. The first-order valence-electron chi connectivity index (χ1n) is 10.7. The Morgan fingerprint density at radius 1 is 1.30 bits per heavy atom. The molecule has 1 aliphatic heterocycles. The van der Waals surface area contributed by atoms with E-state index in [-0.39, 0.29) is 5.69 Å². The zero-order valence-electron chi connectivity index (χ0n) is 18.4. The van der Waals surface area contributed by atoms with Gasteiger partial charge in [0, 0.05) is 41.4 Å². The maximum absolute atomic E-state index is 12.5. The van der Waals surface area contributed by atoms with Crippen LogP contribution in [0.4, 0.5) is 0 Å². The standard InChI is InChI=1S/C24H23N7O2/c1-24(2,14-25)30-23(32)20-5-3-4-19(28-20)17-6-16-7-21(29-22(16)26-8-17)18-9-27-31(11-18)10-15-12-33-13-15/h3-9,11,15H,10,12-13H2,1-2H3,(H,26,29)(H,30,32). The number of carbonyl (C=O) groups is 1. The van der Waals surface area contributed by atoms with Crippen molar-refractivity contribution in [3.8, 4) is 28.6 Å². The fourth-order valence-corrected chi connectivity index (χ4v) is 3.67. The van der Waals surface area contributed by atoms with Gasteiger partial charge in [0.05, 0.1) is 36.9 Å². The Morgan fingerprint density at radius 3 is 2.91 bits per heavy atom. The lowest BCUT2D eigenvalue weighted by Gasteiger charge is -2.25. The second-order valence-electron chi connectivity index (χ2n) is 8.80. The topological polar surface area (TPSA) is 122 Å². The molecule has 2 N–H and O–H groups in total. The molecule has 9 heteroatoms. The molecule has 0 saturated carbocycles. The van der Waals surface area contributed by atoms with Crippen LogP contribution in [-0.4, -0.2) is 49.4 Å². The number of pyridine rings is 2. The highest BCUT2D eigenvalue weighted by molar-refractivity contribution is 5.94. The number of aromatic amines is 1. The minimum atomic E-state index is -0.976. The number of rotatable bonds is 6. The summed E-state index contributed by atoms with van der Waals surface area (Å²) in [4.78, 5) is 24.9. The van der Waals surface area contributed by atoms with Crippen LogP contribution in [0.2, 0.25) is 0 Å². The third-order valence-corrected chi connectivity index (χ3v) is 5.55. The second-order valence-corrected chi connectivity index (χ2v) is 8.80. The molecular weight excluding hydrogens is 418 g/mol. The summed E-state index contributed by atoms with van der Waals surface area (Å²) in [5, 5.41) is 17.2. The first-order valence-corrected chi connectivity index (χ1v) is 10.7. The SMILES string of the molecule is CC(C)(C#N)NC(=O)c1cccc(-c2cnc3[nH]c(-c4cnn(CC5COC5)c4)cc3c2)n1. The van der Waals surface area contributed by atoms with Gasteiger partial charge in [-0.25, -0.2) is 9.97 Å². The van der Waals surface area contributed by atoms with Crippen molar-refractivity contribution in [1.82, 2.24) is 30.0 Å². The Morgan fingerprint density at radius 2 is 2.15 bits per heavy atom. The molecule has 1 aliphatic rings. The number of hydrogen-bond acceptors (Lipinski definition) is 6. The molecule has 0 spiro atoms. The first-order chi connectivity index (χ1) is 15.9. The lowest BCUT2D eigenvalue weighted by molar-refractivity contribution is -0.0408. The van der Waals surface area contributed by atoms with E-state index in [4.69, 9.17) is 10.00 Å². The van der Waals surface area contributed by atoms with Crippen LogP contribution in [-0.2, 0) is 11.3 Å². The van der Waals surface area contributed by atoms with Gasteiger partial charge in [0.25, 0.3) is 5.91 Å². The fourth-order valence-electron chi connectivity index (χ4n) is 3.67. The summed E-state index contributed by atoms with van der Waals surface area (Å²) in [6.07, 6.45) is 5.60. The molecule has 1 fully saturated rings. The zero-order chi connectivity index (χ0) is 23.0. The Hall–Kier alpha value is -4.03. The number of nitrogens with one attached hydrogen (secondary N) is 2. The van der Waals surface area contributed by atoms with Crippen LogP contribution in [0, 0.1) is 17.2 Å². The number of H-pyrrole nitrogens is 1. The number of nitriles is 1. The summed E-state index contributed by atoms with van der Waals surface area (Å²) in [6, 6.07) is 11.3. The number of hydrogen-bond donors (Lipinski definition) is 2. The van der Waals surface area contributed by atoms with Crippen molar-refractivity contribution in [2.24, 2.45) is 5.92 Å². The molecule has 1 saturated heterocycles. The van der Waals surface area contributed by atoms with Crippen LogP contribution in [0.1, 0.15) is 24.3 Å². The highest BCUT2D eigenvalue weighted by Crippen LogP contribution is 2.27. The number of carbonyl (C=O) groups excluding carboxylic acids is 1. The van der Waals surface area contributed by atoms with Gasteiger partial charge in [0.1, 0.15) is 16.9 Å². The number of fused-ring (bicyclic) bond motifs is 1. The van der Waals surface area contributed by atoms with Crippen molar-refractivity contribution in [3.63, 3.8) is 0 Å². The third-order valence-electron chi connectivity index (χ3n) is 5.55. The smallest absolute Gasteiger partial charge is 0.271 e. The molecule has 0 radical (unpaired) electrons. The van der Waals surface area contributed by atoms with Crippen LogP contribution in [0.5, 0.6) is 0 Å². The normalized spacial score (nSPS) is 14.1. The number of aromatic nitrogens is 5. The summed E-state index contributed by atoms with van der Waals surface area (Å²) in [6.45, 7) is 5.72. The molecule has 1 amide bonds. The summed E-state index contributed by atoms with van der Waals surface area (Å²) in [5.74, 6) is 0.132. The van der Waals surface area contributed by atoms with E-state index >= 15 is 0 Å². The summed E-state index contributed by atoms with van der Waals surface area (Å²) in [5.41, 5.74) is 3.38. The Kier molecular flexibility index (Phi) is 5.15. The lowest BCUT2D eigenvalue weighted by Crippen LogP contribution is -2.42. The first kappa shape index (κ1) is 20.8. The van der Waals surface area contributed by atoms with Gasteiger partial charge in [-0.05, 0) is 38.1 Å². The van der Waals surface area contributed by atoms with E-state index in [0.29, 0.717) is 11.6 Å². The maximum atomic E-state index is 12.5. The monoisotopic (exact) mass is 441 g/mol. The fraction of sp³-hybridized carbons (Fsp3) is 0.292. The van der Waals surface area contributed by atoms with Crippen LogP contribution in [0.15, 0.2) is 48.9 Å². The highest BCUT2D eigenvalue weighted by atomic mass is 16.5. The van der Waals surface area contributed by atoms with E-state index < -0.39 is 11.4 Å². The van der Waals surface area contributed by atoms with E-state index in [0.717, 1.165) is 47.6 Å². The van der Waals surface area contributed by atoms with Gasteiger partial charge in [0.2, 0.25) is 0 Å². The quantitative estimate of drug-likeness (QED) is 0.474. The third kappa shape index (κ3) is 4.33. The molecule has 9 nitrogen and oxygen atoms in total. The summed E-state index contributed by atoms with van der Waals surface area (Å²) < 4.78 is 7.18. The molecule has 0 aromatic carbocycles. The number of ether oxygens (including phenoxy) is 1. The average Bonchev–Trinajstić information content (AvgIpc) is 3.42. The van der Waals surface area contributed by atoms with Crippen LogP contribution >= 0.6 is 0 Å². The van der Waals surface area contributed by atoms with Gasteiger partial charge in [0.15, 0.2) is 0 Å².